The molecule has 7 heteroatoms. The molecule has 1 heterocycles. The number of piperidine rings is 1. The van der Waals surface area contributed by atoms with E-state index in [-0.39, 0.29) is 5.91 Å². The summed E-state index contributed by atoms with van der Waals surface area (Å²) in [6.07, 6.45) is 4.70. The smallest absolute Gasteiger partial charge is 0.224 e. The second-order valence-electron chi connectivity index (χ2n) is 7.30. The van der Waals surface area contributed by atoms with E-state index in [4.69, 9.17) is 9.47 Å². The number of nitrogens with zero attached hydrogens (tertiary/aromatic N) is 2. The van der Waals surface area contributed by atoms with E-state index in [1.807, 2.05) is 38.2 Å². The van der Waals surface area contributed by atoms with Crippen molar-refractivity contribution in [3.05, 3.63) is 29.8 Å². The number of carbonyl (C=O) groups excluding carboxylic acids is 1. The third kappa shape index (κ3) is 8.41. The predicted octanol–water partition coefficient (Wildman–Crippen LogP) is 3.02. The van der Waals surface area contributed by atoms with Gasteiger partial charge in [-0.3, -0.25) is 9.79 Å². The van der Waals surface area contributed by atoms with Crippen LogP contribution in [0.5, 0.6) is 0 Å². The van der Waals surface area contributed by atoms with Crippen LogP contribution in [0.25, 0.3) is 0 Å². The van der Waals surface area contributed by atoms with Crippen LogP contribution in [-0.2, 0) is 20.8 Å². The number of ether oxygens (including phenoxy) is 2. The van der Waals surface area contributed by atoms with E-state index >= 15 is 0 Å². The van der Waals surface area contributed by atoms with Crippen LogP contribution in [0.1, 0.15) is 44.6 Å². The fourth-order valence-corrected chi connectivity index (χ4v) is 3.36. The first-order valence-corrected chi connectivity index (χ1v) is 10.6. The van der Waals surface area contributed by atoms with E-state index in [0.29, 0.717) is 19.1 Å². The number of hydrogen-bond donors (Lipinski definition) is 2. The molecular formula is C22H36N4O3. The Balaban J connectivity index is 1.73. The molecule has 2 N–H and O–H groups in total. The molecule has 0 aliphatic carbocycles. The van der Waals surface area contributed by atoms with Crippen LogP contribution in [0.15, 0.2) is 29.3 Å². The number of anilines is 1. The summed E-state index contributed by atoms with van der Waals surface area (Å²) in [5.74, 6) is 0.980. The van der Waals surface area contributed by atoms with Crippen LogP contribution in [-0.4, -0.2) is 63.3 Å². The summed E-state index contributed by atoms with van der Waals surface area (Å²) >= 11 is 0. The first kappa shape index (κ1) is 23.2. The molecule has 0 unspecified atom stereocenters. The van der Waals surface area contributed by atoms with Gasteiger partial charge in [0.25, 0.3) is 0 Å². The molecule has 162 valence electrons. The number of carbonyl (C=O) groups is 1. The second-order valence-corrected chi connectivity index (χ2v) is 7.30. The van der Waals surface area contributed by atoms with Crippen molar-refractivity contribution in [1.29, 1.82) is 0 Å². The third-order valence-electron chi connectivity index (χ3n) is 4.97. The van der Waals surface area contributed by atoms with Gasteiger partial charge in [-0.25, -0.2) is 0 Å². The fourth-order valence-electron chi connectivity index (χ4n) is 3.36. The molecule has 7 nitrogen and oxygen atoms in total. The summed E-state index contributed by atoms with van der Waals surface area (Å²) in [4.78, 5) is 18.4. The van der Waals surface area contributed by atoms with Crippen molar-refractivity contribution in [2.75, 3.05) is 45.8 Å². The van der Waals surface area contributed by atoms with Crippen molar-refractivity contribution in [3.63, 3.8) is 0 Å². The third-order valence-corrected chi connectivity index (χ3v) is 4.97. The molecule has 0 bridgehead atoms. The summed E-state index contributed by atoms with van der Waals surface area (Å²) in [5.41, 5.74) is 1.99. The predicted molar refractivity (Wildman–Crippen MR) is 117 cm³/mol. The van der Waals surface area contributed by atoms with Crippen molar-refractivity contribution < 1.29 is 14.3 Å². The van der Waals surface area contributed by atoms with Crippen molar-refractivity contribution >= 4 is 17.6 Å². The Morgan fingerprint density at radius 1 is 1.21 bits per heavy atom. The molecule has 1 aromatic carbocycles. The summed E-state index contributed by atoms with van der Waals surface area (Å²) in [6.45, 7) is 6.10. The number of hydrogen-bond acceptors (Lipinski definition) is 4. The molecule has 2 rings (SSSR count). The highest BCUT2D eigenvalue weighted by Crippen LogP contribution is 2.15. The molecule has 0 aromatic heterocycles. The molecule has 0 atom stereocenters. The first-order chi connectivity index (χ1) is 14.2. The quantitative estimate of drug-likeness (QED) is 0.356. The van der Waals surface area contributed by atoms with Gasteiger partial charge in [0.1, 0.15) is 0 Å². The molecule has 1 aliphatic rings. The summed E-state index contributed by atoms with van der Waals surface area (Å²) in [7, 11) is 3.54. The highest BCUT2D eigenvalue weighted by molar-refractivity contribution is 5.90. The second kappa shape index (κ2) is 13.2. The number of likely N-dealkylation sites (tertiary alicyclic amines) is 1. The monoisotopic (exact) mass is 404 g/mol. The molecule has 1 aromatic rings. The Kier molecular flexibility index (Phi) is 10.5. The lowest BCUT2D eigenvalue weighted by molar-refractivity contribution is -0.116. The molecule has 0 spiro atoms. The van der Waals surface area contributed by atoms with Crippen LogP contribution in [0, 0.1) is 0 Å². The number of nitrogens with one attached hydrogen (secondary N) is 2. The lowest BCUT2D eigenvalue weighted by Crippen LogP contribution is -2.46. The van der Waals surface area contributed by atoms with Gasteiger partial charge in [-0.15, -0.1) is 0 Å². The maximum Gasteiger partial charge on any atom is 0.224 e. The van der Waals surface area contributed by atoms with Crippen molar-refractivity contribution in [2.24, 2.45) is 4.99 Å². The summed E-state index contributed by atoms with van der Waals surface area (Å²) in [6, 6.07) is 7.95. The topological polar surface area (TPSA) is 75.2 Å². The minimum Gasteiger partial charge on any atom is -0.385 e. The van der Waals surface area contributed by atoms with Gasteiger partial charge in [-0.05, 0) is 43.4 Å². The zero-order valence-corrected chi connectivity index (χ0v) is 18.1. The van der Waals surface area contributed by atoms with Gasteiger partial charge in [-0.1, -0.05) is 19.1 Å². The summed E-state index contributed by atoms with van der Waals surface area (Å²) in [5, 5.41) is 6.36. The van der Waals surface area contributed by atoms with Crippen LogP contribution < -0.4 is 10.6 Å². The van der Waals surface area contributed by atoms with E-state index in [9.17, 15) is 4.79 Å². The highest BCUT2D eigenvalue weighted by Gasteiger charge is 2.21. The number of aliphatic imine (C=N–C) groups is 1. The number of rotatable bonds is 10. The van der Waals surface area contributed by atoms with Crippen LogP contribution in [0.4, 0.5) is 5.69 Å². The Morgan fingerprint density at radius 2 is 1.93 bits per heavy atom. The largest absolute Gasteiger partial charge is 0.385 e. The summed E-state index contributed by atoms with van der Waals surface area (Å²) < 4.78 is 11.0. The van der Waals surface area contributed by atoms with E-state index in [1.54, 1.807) is 7.11 Å². The molecule has 1 fully saturated rings. The maximum atomic E-state index is 11.7. The van der Waals surface area contributed by atoms with Crippen molar-refractivity contribution in [1.82, 2.24) is 10.2 Å². The minimum absolute atomic E-state index is 0.0601. The lowest BCUT2D eigenvalue weighted by Gasteiger charge is -2.34. The van der Waals surface area contributed by atoms with Crippen molar-refractivity contribution in [2.45, 2.75) is 51.7 Å². The van der Waals surface area contributed by atoms with Gasteiger partial charge in [0.05, 0.1) is 6.10 Å². The Morgan fingerprint density at radius 3 is 2.55 bits per heavy atom. The number of guanidine groups is 1. The van der Waals surface area contributed by atoms with Gasteiger partial charge in [0.2, 0.25) is 5.91 Å². The number of amides is 1. The number of methoxy groups -OCH3 is 1. The Bertz CT molecular complexity index is 625. The first-order valence-electron chi connectivity index (χ1n) is 10.6. The highest BCUT2D eigenvalue weighted by atomic mass is 16.5. The van der Waals surface area contributed by atoms with E-state index in [2.05, 4.69) is 20.5 Å². The van der Waals surface area contributed by atoms with Gasteiger partial charge in [0.15, 0.2) is 5.96 Å². The average molecular weight is 405 g/mol. The molecular weight excluding hydrogens is 368 g/mol. The minimum atomic E-state index is 0.0601. The van der Waals surface area contributed by atoms with Gasteiger partial charge in [-0.2, -0.15) is 0 Å². The SMILES string of the molecule is CCCC(=O)Nc1ccc(CNC(=NC)N2CCC(OCCCOC)CC2)cc1. The van der Waals surface area contributed by atoms with Gasteiger partial charge >= 0.3 is 0 Å². The van der Waals surface area contributed by atoms with Crippen LogP contribution >= 0.6 is 0 Å². The molecule has 0 saturated carbocycles. The number of benzene rings is 1. The van der Waals surface area contributed by atoms with E-state index in [1.165, 1.54) is 0 Å². The molecule has 1 aliphatic heterocycles. The zero-order valence-electron chi connectivity index (χ0n) is 18.1. The van der Waals surface area contributed by atoms with Gasteiger partial charge in [0, 0.05) is 59.1 Å². The van der Waals surface area contributed by atoms with Crippen LogP contribution in [0.3, 0.4) is 0 Å². The van der Waals surface area contributed by atoms with Crippen molar-refractivity contribution in [3.8, 4) is 0 Å². The van der Waals surface area contributed by atoms with E-state index < -0.39 is 0 Å². The average Bonchev–Trinajstić information content (AvgIpc) is 2.74. The lowest BCUT2D eigenvalue weighted by atomic mass is 10.1. The molecule has 1 saturated heterocycles. The maximum absolute atomic E-state index is 11.7. The molecule has 0 radical (unpaired) electrons. The van der Waals surface area contributed by atoms with Gasteiger partial charge < -0.3 is 25.0 Å². The molecule has 1 amide bonds. The standard InChI is InChI=1S/C22H36N4O3/c1-4-6-21(27)25-19-9-7-18(8-10-19)17-24-22(23-2)26-13-11-20(12-14-26)29-16-5-15-28-3/h7-10,20H,4-6,11-17H2,1-3H3,(H,23,24)(H,25,27). The normalized spacial score (nSPS) is 15.4. The molecule has 29 heavy (non-hydrogen) atoms. The Labute approximate surface area is 174 Å². The zero-order chi connectivity index (χ0) is 20.9. The fraction of sp³-hybridized carbons (Fsp3) is 0.636. The Hall–Kier alpha value is -2.12. The van der Waals surface area contributed by atoms with E-state index in [0.717, 1.165) is 69.2 Å². The van der Waals surface area contributed by atoms with Crippen LogP contribution in [0.2, 0.25) is 0 Å².